The van der Waals surface area contributed by atoms with Crippen LogP contribution in [0.1, 0.15) is 10.4 Å². The van der Waals surface area contributed by atoms with Crippen molar-refractivity contribution in [2.45, 2.75) is 0 Å². The van der Waals surface area contributed by atoms with Crippen molar-refractivity contribution in [1.82, 2.24) is 4.98 Å². The second-order valence-electron chi connectivity index (χ2n) is 4.65. The summed E-state index contributed by atoms with van der Waals surface area (Å²) in [5, 5.41) is 11.2. The Hall–Kier alpha value is -3.09. The van der Waals surface area contributed by atoms with Crippen LogP contribution in [0.15, 0.2) is 36.4 Å². The third-order valence-electron chi connectivity index (χ3n) is 3.36. The molecule has 0 atom stereocenters. The summed E-state index contributed by atoms with van der Waals surface area (Å²) in [7, 11) is 0. The first-order chi connectivity index (χ1) is 10.5. The fourth-order valence-electron chi connectivity index (χ4n) is 2.32. The van der Waals surface area contributed by atoms with Crippen LogP contribution in [0.2, 0.25) is 0 Å². The van der Waals surface area contributed by atoms with E-state index >= 15 is 0 Å². The van der Waals surface area contributed by atoms with Crippen LogP contribution in [-0.4, -0.2) is 16.2 Å². The Balaban J connectivity index is 2.27. The summed E-state index contributed by atoms with van der Waals surface area (Å²) >= 11 is 0. The van der Waals surface area contributed by atoms with Gasteiger partial charge in [-0.25, -0.2) is 8.78 Å². The number of aldehydes is 1. The first-order valence-corrected chi connectivity index (χ1v) is 6.22. The number of fused-ring (bicyclic) bond motifs is 1. The third kappa shape index (κ3) is 2.12. The Morgan fingerprint density at radius 1 is 1.09 bits per heavy atom. The predicted octanol–water partition coefficient (Wildman–Crippen LogP) is 3.83. The van der Waals surface area contributed by atoms with Crippen molar-refractivity contribution in [2.24, 2.45) is 0 Å². The van der Waals surface area contributed by atoms with E-state index in [0.29, 0.717) is 17.2 Å². The molecular formula is C15H8F2N2O3. The number of hydrogen-bond acceptors (Lipinski definition) is 3. The lowest BCUT2D eigenvalue weighted by atomic mass is 10.1. The van der Waals surface area contributed by atoms with Crippen LogP contribution in [0.25, 0.3) is 22.2 Å². The van der Waals surface area contributed by atoms with Gasteiger partial charge < -0.3 is 4.98 Å². The smallest absolute Gasteiger partial charge is 0.270 e. The highest BCUT2D eigenvalue weighted by Gasteiger charge is 2.17. The number of nitro benzene ring substituents is 1. The number of hydrogen-bond donors (Lipinski definition) is 1. The van der Waals surface area contributed by atoms with Gasteiger partial charge in [0.25, 0.3) is 5.69 Å². The first-order valence-electron chi connectivity index (χ1n) is 6.22. The van der Waals surface area contributed by atoms with Crippen molar-refractivity contribution in [1.29, 1.82) is 0 Å². The van der Waals surface area contributed by atoms with Gasteiger partial charge in [0.2, 0.25) is 0 Å². The molecular weight excluding hydrogens is 294 g/mol. The number of benzene rings is 2. The monoisotopic (exact) mass is 302 g/mol. The average molecular weight is 302 g/mol. The molecule has 1 N–H and O–H groups in total. The number of halogens is 2. The summed E-state index contributed by atoms with van der Waals surface area (Å²) in [5.74, 6) is -2.04. The molecule has 0 aliphatic heterocycles. The molecule has 7 heteroatoms. The Labute approximate surface area is 122 Å². The highest BCUT2D eigenvalue weighted by Crippen LogP contribution is 2.31. The molecule has 0 bridgehead atoms. The molecule has 0 aliphatic rings. The molecule has 22 heavy (non-hydrogen) atoms. The molecule has 0 radical (unpaired) electrons. The van der Waals surface area contributed by atoms with E-state index < -0.39 is 16.6 Å². The van der Waals surface area contributed by atoms with Crippen molar-refractivity contribution in [3.8, 4) is 11.3 Å². The zero-order chi connectivity index (χ0) is 15.9. The van der Waals surface area contributed by atoms with Gasteiger partial charge in [0.05, 0.1) is 10.6 Å². The molecule has 0 aliphatic carbocycles. The fraction of sp³-hybridized carbons (Fsp3) is 0. The van der Waals surface area contributed by atoms with Crippen LogP contribution in [0.5, 0.6) is 0 Å². The standard InChI is InChI=1S/C15H8F2N2O3/c16-12-3-1-8(5-13(12)17)15-11(7-20)10-6-9(19(21)22)2-4-14(10)18-15/h1-7,18H. The van der Waals surface area contributed by atoms with Gasteiger partial charge in [0.1, 0.15) is 0 Å². The van der Waals surface area contributed by atoms with Gasteiger partial charge in [-0.05, 0) is 24.3 Å². The molecule has 0 unspecified atom stereocenters. The van der Waals surface area contributed by atoms with Gasteiger partial charge in [0.15, 0.2) is 17.9 Å². The van der Waals surface area contributed by atoms with Gasteiger partial charge in [0, 0.05) is 34.2 Å². The lowest BCUT2D eigenvalue weighted by Gasteiger charge is -2.01. The minimum atomic E-state index is -1.04. The Kier molecular flexibility index (Phi) is 3.17. The molecule has 1 aromatic heterocycles. The Morgan fingerprint density at radius 3 is 2.50 bits per heavy atom. The number of carbonyl (C=O) groups excluding carboxylic acids is 1. The predicted molar refractivity (Wildman–Crippen MR) is 75.7 cm³/mol. The molecule has 0 fully saturated rings. The molecule has 0 amide bonds. The summed E-state index contributed by atoms with van der Waals surface area (Å²) in [6, 6.07) is 7.25. The maximum absolute atomic E-state index is 13.4. The Bertz CT molecular complexity index is 919. The van der Waals surface area contributed by atoms with E-state index in [9.17, 15) is 23.7 Å². The lowest BCUT2D eigenvalue weighted by Crippen LogP contribution is -1.89. The van der Waals surface area contributed by atoms with Crippen molar-refractivity contribution in [3.05, 3.63) is 63.7 Å². The minimum absolute atomic E-state index is 0.157. The number of carbonyl (C=O) groups is 1. The Morgan fingerprint density at radius 2 is 1.86 bits per heavy atom. The second-order valence-corrected chi connectivity index (χ2v) is 4.65. The van der Waals surface area contributed by atoms with Crippen molar-refractivity contribution in [3.63, 3.8) is 0 Å². The SMILES string of the molecule is O=Cc1c(-c2ccc(F)c(F)c2)[nH]c2ccc([N+](=O)[O-])cc12. The van der Waals surface area contributed by atoms with Gasteiger partial charge >= 0.3 is 0 Å². The van der Waals surface area contributed by atoms with Crippen LogP contribution >= 0.6 is 0 Å². The zero-order valence-corrected chi connectivity index (χ0v) is 11.0. The molecule has 0 saturated heterocycles. The summed E-state index contributed by atoms with van der Waals surface area (Å²) in [4.78, 5) is 24.5. The maximum atomic E-state index is 13.4. The number of aromatic nitrogens is 1. The van der Waals surface area contributed by atoms with E-state index in [2.05, 4.69) is 4.98 Å². The van der Waals surface area contributed by atoms with E-state index in [1.165, 1.54) is 24.3 Å². The van der Waals surface area contributed by atoms with Crippen LogP contribution in [-0.2, 0) is 0 Å². The van der Waals surface area contributed by atoms with Crippen LogP contribution in [0.4, 0.5) is 14.5 Å². The molecule has 2 aromatic carbocycles. The average Bonchev–Trinajstić information content (AvgIpc) is 2.87. The van der Waals surface area contributed by atoms with E-state index in [0.717, 1.165) is 12.1 Å². The first kappa shape index (κ1) is 13.9. The van der Waals surface area contributed by atoms with E-state index in [1.807, 2.05) is 0 Å². The topological polar surface area (TPSA) is 76.0 Å². The van der Waals surface area contributed by atoms with Gasteiger partial charge in [-0.1, -0.05) is 0 Å². The third-order valence-corrected chi connectivity index (χ3v) is 3.36. The zero-order valence-electron chi connectivity index (χ0n) is 11.0. The highest BCUT2D eigenvalue weighted by atomic mass is 19.2. The number of rotatable bonds is 3. The summed E-state index contributed by atoms with van der Waals surface area (Å²) in [6.45, 7) is 0. The normalized spacial score (nSPS) is 10.8. The molecule has 3 aromatic rings. The van der Waals surface area contributed by atoms with E-state index in [-0.39, 0.29) is 22.5 Å². The lowest BCUT2D eigenvalue weighted by molar-refractivity contribution is -0.384. The molecule has 110 valence electrons. The van der Waals surface area contributed by atoms with Crippen LogP contribution in [0, 0.1) is 21.7 Å². The summed E-state index contributed by atoms with van der Waals surface area (Å²) in [6.07, 6.45) is 0.527. The quantitative estimate of drug-likeness (QED) is 0.454. The molecule has 5 nitrogen and oxygen atoms in total. The molecule has 1 heterocycles. The number of nitrogens with zero attached hydrogens (tertiary/aromatic N) is 1. The number of nitrogens with one attached hydrogen (secondary N) is 1. The van der Waals surface area contributed by atoms with Crippen LogP contribution in [0.3, 0.4) is 0 Å². The second kappa shape index (κ2) is 5.03. The number of H-pyrrole nitrogens is 1. The highest BCUT2D eigenvalue weighted by molar-refractivity contribution is 6.05. The summed E-state index contributed by atoms with van der Waals surface area (Å²) < 4.78 is 26.4. The molecule has 0 saturated carbocycles. The number of non-ortho nitro benzene ring substituents is 1. The molecule has 3 rings (SSSR count). The van der Waals surface area contributed by atoms with Crippen molar-refractivity contribution >= 4 is 22.9 Å². The van der Waals surface area contributed by atoms with Crippen LogP contribution < -0.4 is 0 Å². The van der Waals surface area contributed by atoms with Gasteiger partial charge in [-0.15, -0.1) is 0 Å². The van der Waals surface area contributed by atoms with E-state index in [1.54, 1.807) is 0 Å². The van der Waals surface area contributed by atoms with Gasteiger partial charge in [-0.3, -0.25) is 14.9 Å². The number of aromatic amines is 1. The summed E-state index contributed by atoms with van der Waals surface area (Å²) in [5.41, 5.74) is 1.05. The van der Waals surface area contributed by atoms with Crippen molar-refractivity contribution < 1.29 is 18.5 Å². The van der Waals surface area contributed by atoms with Gasteiger partial charge in [-0.2, -0.15) is 0 Å². The fourth-order valence-corrected chi connectivity index (χ4v) is 2.32. The maximum Gasteiger partial charge on any atom is 0.270 e. The molecule has 0 spiro atoms. The largest absolute Gasteiger partial charge is 0.354 e. The number of nitro groups is 1. The minimum Gasteiger partial charge on any atom is -0.354 e. The van der Waals surface area contributed by atoms with E-state index in [4.69, 9.17) is 0 Å². The van der Waals surface area contributed by atoms with Crippen molar-refractivity contribution in [2.75, 3.05) is 0 Å².